The fraction of sp³-hybridized carbons (Fsp3) is 1.00. The van der Waals surface area contributed by atoms with E-state index in [2.05, 4.69) is 17.3 Å². The Balaban J connectivity index is 2.18. The maximum atomic E-state index is 3.20. The molecule has 0 bridgehead atoms. The summed E-state index contributed by atoms with van der Waals surface area (Å²) in [5.41, 5.74) is 0. The minimum absolute atomic E-state index is 1.07. The number of likely N-dealkylation sites (N-methyl/N-ethyl adjacent to an activating group) is 1. The van der Waals surface area contributed by atoms with E-state index < -0.39 is 0 Å². The highest BCUT2D eigenvalue weighted by Crippen LogP contribution is 1.82. The third-order valence-corrected chi connectivity index (χ3v) is 1.05. The lowest BCUT2D eigenvalue weighted by molar-refractivity contribution is 0.412. The van der Waals surface area contributed by atoms with E-state index in [4.69, 9.17) is 0 Å². The van der Waals surface area contributed by atoms with Crippen molar-refractivity contribution >= 4 is 0 Å². The summed E-state index contributed by atoms with van der Waals surface area (Å²) in [6, 6.07) is 0. The van der Waals surface area contributed by atoms with Gasteiger partial charge in [0, 0.05) is 19.8 Å². The lowest BCUT2D eigenvalue weighted by Gasteiger charge is -1.99. The molecule has 2 heteroatoms. The van der Waals surface area contributed by atoms with Gasteiger partial charge in [-0.15, -0.1) is 0 Å². The van der Waals surface area contributed by atoms with Crippen LogP contribution >= 0.6 is 0 Å². The van der Waals surface area contributed by atoms with Crippen LogP contribution in [-0.2, 0) is 0 Å². The minimum atomic E-state index is 1.07. The van der Waals surface area contributed by atoms with Crippen LogP contribution in [0.2, 0.25) is 0 Å². The van der Waals surface area contributed by atoms with Crippen molar-refractivity contribution in [2.45, 2.75) is 0 Å². The number of hydrogen-bond donors (Lipinski definition) is 1. The molecule has 1 aliphatic heterocycles. The van der Waals surface area contributed by atoms with Gasteiger partial charge in [0.25, 0.3) is 0 Å². The summed E-state index contributed by atoms with van der Waals surface area (Å²) in [6.45, 7) is 3.44. The Hall–Kier alpha value is -0.0800. The van der Waals surface area contributed by atoms with Gasteiger partial charge in [-0.3, -0.25) is 4.90 Å². The summed E-state index contributed by atoms with van der Waals surface area (Å²) in [4.78, 5) is 2.25. The summed E-state index contributed by atoms with van der Waals surface area (Å²) in [5.74, 6) is 0. The molecule has 0 spiro atoms. The van der Waals surface area contributed by atoms with Gasteiger partial charge in [-0.1, -0.05) is 0 Å². The molecule has 1 rings (SSSR count). The van der Waals surface area contributed by atoms with Crippen LogP contribution in [0.1, 0.15) is 0 Å². The molecule has 1 saturated heterocycles. The quantitative estimate of drug-likeness (QED) is 0.426. The van der Waals surface area contributed by atoms with Gasteiger partial charge >= 0.3 is 0 Å². The first-order chi connectivity index (χ1) is 2.89. The zero-order chi connectivity index (χ0) is 4.41. The van der Waals surface area contributed by atoms with Crippen LogP contribution in [0.5, 0.6) is 0 Å². The Morgan fingerprint density at radius 1 is 1.67 bits per heavy atom. The Morgan fingerprint density at radius 3 is 2.67 bits per heavy atom. The maximum Gasteiger partial charge on any atom is 0.0478 e. The van der Waals surface area contributed by atoms with Crippen molar-refractivity contribution in [1.82, 2.24) is 10.2 Å². The molecule has 1 fully saturated rings. The molecule has 36 valence electrons. The van der Waals surface area contributed by atoms with Crippen LogP contribution in [0.25, 0.3) is 0 Å². The molecule has 0 aromatic rings. The van der Waals surface area contributed by atoms with Crippen molar-refractivity contribution < 1.29 is 0 Å². The average Bonchev–Trinajstić information content (AvgIpc) is 1.86. The van der Waals surface area contributed by atoms with Gasteiger partial charge < -0.3 is 5.32 Å². The second-order valence-electron chi connectivity index (χ2n) is 1.74. The smallest absolute Gasteiger partial charge is 0.0478 e. The Morgan fingerprint density at radius 2 is 2.50 bits per heavy atom. The summed E-state index contributed by atoms with van der Waals surface area (Å²) in [6.07, 6.45) is 0. The lowest BCUT2D eigenvalue weighted by atomic mass is 10.7. The molecular weight excluding hydrogens is 76.1 g/mol. The molecule has 0 amide bonds. The summed E-state index contributed by atoms with van der Waals surface area (Å²) in [5, 5.41) is 3.20. The number of hydrogen-bond acceptors (Lipinski definition) is 2. The molecule has 1 N–H and O–H groups in total. The number of nitrogens with zero attached hydrogens (tertiary/aromatic N) is 1. The number of rotatable bonds is 0. The van der Waals surface area contributed by atoms with Gasteiger partial charge in [0.05, 0.1) is 0 Å². The normalized spacial score (nSPS) is 25.5. The van der Waals surface area contributed by atoms with Crippen LogP contribution < -0.4 is 5.32 Å². The third-order valence-electron chi connectivity index (χ3n) is 1.05. The highest BCUT2D eigenvalue weighted by molar-refractivity contribution is 4.59. The summed E-state index contributed by atoms with van der Waals surface area (Å²) >= 11 is 0. The zero-order valence-corrected chi connectivity index (χ0v) is 4.07. The van der Waals surface area contributed by atoms with Crippen molar-refractivity contribution in [2.24, 2.45) is 0 Å². The molecule has 0 saturated carbocycles. The van der Waals surface area contributed by atoms with E-state index in [1.807, 2.05) is 0 Å². The highest BCUT2D eigenvalue weighted by Gasteiger charge is 2.01. The van der Waals surface area contributed by atoms with E-state index in [0.717, 1.165) is 13.2 Å². The van der Waals surface area contributed by atoms with Crippen LogP contribution in [-0.4, -0.2) is 31.7 Å². The topological polar surface area (TPSA) is 15.3 Å². The van der Waals surface area contributed by atoms with Crippen LogP contribution in [0.4, 0.5) is 0 Å². The van der Waals surface area contributed by atoms with E-state index in [1.165, 1.54) is 6.54 Å². The van der Waals surface area contributed by atoms with Crippen LogP contribution in [0.15, 0.2) is 0 Å². The Labute approximate surface area is 38.1 Å². The van der Waals surface area contributed by atoms with Gasteiger partial charge in [0.15, 0.2) is 0 Å². The Bertz CT molecular complexity index is 38.8. The first kappa shape index (κ1) is 4.09. The van der Waals surface area contributed by atoms with E-state index in [9.17, 15) is 0 Å². The SMILES string of the molecule is CN1CCNC1. The molecule has 0 atom stereocenters. The monoisotopic (exact) mass is 86.1 g/mol. The predicted molar refractivity (Wildman–Crippen MR) is 25.5 cm³/mol. The molecule has 0 radical (unpaired) electrons. The first-order valence-electron chi connectivity index (χ1n) is 2.29. The van der Waals surface area contributed by atoms with Gasteiger partial charge in [0.2, 0.25) is 0 Å². The first-order valence-corrected chi connectivity index (χ1v) is 2.29. The van der Waals surface area contributed by atoms with Crippen molar-refractivity contribution in [3.05, 3.63) is 0 Å². The molecule has 2 nitrogen and oxygen atoms in total. The fourth-order valence-electron chi connectivity index (χ4n) is 0.619. The summed E-state index contributed by atoms with van der Waals surface area (Å²) in [7, 11) is 2.11. The van der Waals surface area contributed by atoms with E-state index in [-0.39, 0.29) is 0 Å². The molecule has 6 heavy (non-hydrogen) atoms. The van der Waals surface area contributed by atoms with E-state index in [0.29, 0.717) is 0 Å². The standard InChI is InChI=1S/C4H10N2/c1-6-3-2-5-4-6/h5H,2-4H2,1H3. The van der Waals surface area contributed by atoms with Crippen molar-refractivity contribution in [3.63, 3.8) is 0 Å². The fourth-order valence-corrected chi connectivity index (χ4v) is 0.619. The molecule has 0 aliphatic carbocycles. The molecule has 0 aromatic carbocycles. The predicted octanol–water partition coefficient (Wildman–Crippen LogP) is -0.521. The van der Waals surface area contributed by atoms with E-state index >= 15 is 0 Å². The average molecular weight is 86.1 g/mol. The molecule has 0 aromatic heterocycles. The van der Waals surface area contributed by atoms with Crippen LogP contribution in [0, 0.1) is 0 Å². The van der Waals surface area contributed by atoms with Crippen LogP contribution in [0.3, 0.4) is 0 Å². The largest absolute Gasteiger partial charge is 0.303 e. The second-order valence-corrected chi connectivity index (χ2v) is 1.74. The number of nitrogens with one attached hydrogen (secondary N) is 1. The molecule has 1 heterocycles. The van der Waals surface area contributed by atoms with Gasteiger partial charge in [0.1, 0.15) is 0 Å². The van der Waals surface area contributed by atoms with Crippen molar-refractivity contribution in [1.29, 1.82) is 0 Å². The lowest BCUT2D eigenvalue weighted by Crippen LogP contribution is -2.15. The summed E-state index contributed by atoms with van der Waals surface area (Å²) < 4.78 is 0. The van der Waals surface area contributed by atoms with Gasteiger partial charge in [-0.25, -0.2) is 0 Å². The van der Waals surface area contributed by atoms with Gasteiger partial charge in [-0.2, -0.15) is 0 Å². The maximum absolute atomic E-state index is 3.20. The Kier molecular flexibility index (Phi) is 1.08. The second kappa shape index (κ2) is 1.58. The zero-order valence-electron chi connectivity index (χ0n) is 4.07. The van der Waals surface area contributed by atoms with Crippen molar-refractivity contribution in [3.8, 4) is 0 Å². The minimum Gasteiger partial charge on any atom is -0.303 e. The highest BCUT2D eigenvalue weighted by atomic mass is 15.3. The molecule has 0 unspecified atom stereocenters. The molecule has 1 aliphatic rings. The van der Waals surface area contributed by atoms with Crippen molar-refractivity contribution in [2.75, 3.05) is 26.8 Å². The third kappa shape index (κ3) is 0.698. The van der Waals surface area contributed by atoms with E-state index in [1.54, 1.807) is 0 Å². The van der Waals surface area contributed by atoms with Gasteiger partial charge in [-0.05, 0) is 7.05 Å². The molecular formula is C4H10N2.